The molecule has 0 radical (unpaired) electrons. The summed E-state index contributed by atoms with van der Waals surface area (Å²) in [5, 5.41) is 14.0. The Morgan fingerprint density at radius 3 is 2.65 bits per heavy atom. The zero-order chi connectivity index (χ0) is 13.9. The van der Waals surface area contributed by atoms with E-state index < -0.39 is 0 Å². The lowest BCUT2D eigenvalue weighted by atomic mass is 10.1. The second kappa shape index (κ2) is 5.17. The van der Waals surface area contributed by atoms with Gasteiger partial charge in [-0.3, -0.25) is 9.67 Å². The van der Waals surface area contributed by atoms with Crippen LogP contribution in [0.3, 0.4) is 0 Å². The minimum absolute atomic E-state index is 0.188. The Balaban J connectivity index is 1.90. The maximum Gasteiger partial charge on any atom is 0.134 e. The number of aromatic nitrogens is 3. The van der Waals surface area contributed by atoms with Crippen molar-refractivity contribution in [3.05, 3.63) is 66.1 Å². The van der Waals surface area contributed by atoms with E-state index >= 15 is 0 Å². The van der Waals surface area contributed by atoms with E-state index in [9.17, 15) is 5.11 Å². The van der Waals surface area contributed by atoms with E-state index in [1.807, 2.05) is 42.1 Å². The van der Waals surface area contributed by atoms with Gasteiger partial charge in [0.05, 0.1) is 11.9 Å². The molecule has 0 saturated carbocycles. The average Bonchev–Trinajstić information content (AvgIpc) is 2.81. The molecule has 0 aliphatic rings. The third kappa shape index (κ3) is 2.54. The maximum absolute atomic E-state index is 9.46. The third-order valence-electron chi connectivity index (χ3n) is 3.21. The van der Waals surface area contributed by atoms with Crippen molar-refractivity contribution in [1.82, 2.24) is 14.8 Å². The van der Waals surface area contributed by atoms with Gasteiger partial charge in [-0.25, -0.2) is 0 Å². The van der Waals surface area contributed by atoms with E-state index in [2.05, 4.69) is 16.1 Å². The van der Waals surface area contributed by atoms with E-state index in [4.69, 9.17) is 0 Å². The molecule has 0 bridgehead atoms. The van der Waals surface area contributed by atoms with Gasteiger partial charge < -0.3 is 5.11 Å². The molecule has 0 saturated heterocycles. The number of benzene rings is 1. The molecule has 0 spiro atoms. The molecule has 100 valence electrons. The highest BCUT2D eigenvalue weighted by Gasteiger charge is 2.08. The lowest BCUT2D eigenvalue weighted by Crippen LogP contribution is -1.99. The monoisotopic (exact) mass is 265 g/mol. The van der Waals surface area contributed by atoms with Crippen LogP contribution in [0.1, 0.15) is 11.3 Å². The molecular formula is C16H15N3O. The molecule has 0 aliphatic heterocycles. The van der Waals surface area contributed by atoms with Gasteiger partial charge in [-0.2, -0.15) is 5.10 Å². The van der Waals surface area contributed by atoms with Crippen LogP contribution in [0.4, 0.5) is 0 Å². The fourth-order valence-corrected chi connectivity index (χ4v) is 2.20. The van der Waals surface area contributed by atoms with Crippen LogP contribution in [-0.2, 0) is 13.5 Å². The molecule has 0 atom stereocenters. The van der Waals surface area contributed by atoms with Crippen LogP contribution in [0.15, 0.2) is 54.9 Å². The van der Waals surface area contributed by atoms with Gasteiger partial charge in [-0.1, -0.05) is 30.3 Å². The van der Waals surface area contributed by atoms with Gasteiger partial charge in [0.2, 0.25) is 0 Å². The number of aryl methyl sites for hydroxylation is 1. The fourth-order valence-electron chi connectivity index (χ4n) is 2.20. The predicted octanol–water partition coefficient (Wildman–Crippen LogP) is 2.78. The molecule has 4 heteroatoms. The molecule has 3 rings (SSSR count). The lowest BCUT2D eigenvalue weighted by molar-refractivity contribution is 0.472. The van der Waals surface area contributed by atoms with Crippen molar-refractivity contribution in [3.8, 4) is 17.0 Å². The zero-order valence-electron chi connectivity index (χ0n) is 11.2. The highest BCUT2D eigenvalue weighted by Crippen LogP contribution is 2.20. The summed E-state index contributed by atoms with van der Waals surface area (Å²) < 4.78 is 1.87. The van der Waals surface area contributed by atoms with Gasteiger partial charge in [0, 0.05) is 30.9 Å². The quantitative estimate of drug-likeness (QED) is 0.792. The van der Waals surface area contributed by atoms with Crippen LogP contribution < -0.4 is 0 Å². The van der Waals surface area contributed by atoms with Gasteiger partial charge in [0.1, 0.15) is 5.75 Å². The fraction of sp³-hybridized carbons (Fsp3) is 0.125. The van der Waals surface area contributed by atoms with E-state index in [0.717, 1.165) is 22.5 Å². The molecule has 1 aromatic carbocycles. The molecule has 4 nitrogen and oxygen atoms in total. The Morgan fingerprint density at radius 1 is 1.10 bits per heavy atom. The van der Waals surface area contributed by atoms with E-state index in [1.54, 1.807) is 12.3 Å². The van der Waals surface area contributed by atoms with E-state index in [0.29, 0.717) is 6.42 Å². The smallest absolute Gasteiger partial charge is 0.134 e. The van der Waals surface area contributed by atoms with Crippen LogP contribution in [0.2, 0.25) is 0 Å². The highest BCUT2D eigenvalue weighted by atomic mass is 16.3. The average molecular weight is 265 g/mol. The molecular weight excluding hydrogens is 250 g/mol. The van der Waals surface area contributed by atoms with Crippen molar-refractivity contribution in [3.63, 3.8) is 0 Å². The summed E-state index contributed by atoms with van der Waals surface area (Å²) >= 11 is 0. The first-order chi connectivity index (χ1) is 9.72. The van der Waals surface area contributed by atoms with Crippen molar-refractivity contribution in [2.45, 2.75) is 6.42 Å². The minimum Gasteiger partial charge on any atom is -0.506 e. The molecule has 0 aliphatic carbocycles. The third-order valence-corrected chi connectivity index (χ3v) is 3.21. The Kier molecular flexibility index (Phi) is 3.21. The van der Waals surface area contributed by atoms with E-state index in [-0.39, 0.29) is 5.75 Å². The molecule has 0 unspecified atom stereocenters. The first-order valence-corrected chi connectivity index (χ1v) is 6.43. The summed E-state index contributed by atoms with van der Waals surface area (Å²) in [5.74, 6) is 0.188. The van der Waals surface area contributed by atoms with Gasteiger partial charge in [0.15, 0.2) is 0 Å². The second-order valence-electron chi connectivity index (χ2n) is 4.74. The summed E-state index contributed by atoms with van der Waals surface area (Å²) in [6, 6.07) is 13.9. The Morgan fingerprint density at radius 2 is 1.90 bits per heavy atom. The Hall–Kier alpha value is -2.62. The van der Waals surface area contributed by atoms with Gasteiger partial charge in [-0.15, -0.1) is 0 Å². The molecule has 2 heterocycles. The molecule has 2 aromatic heterocycles. The predicted molar refractivity (Wildman–Crippen MR) is 77.4 cm³/mol. The number of aromatic hydroxyl groups is 1. The maximum atomic E-state index is 9.46. The minimum atomic E-state index is 0.188. The molecule has 0 fully saturated rings. The van der Waals surface area contributed by atoms with Gasteiger partial charge in [0.25, 0.3) is 0 Å². The van der Waals surface area contributed by atoms with Crippen molar-refractivity contribution < 1.29 is 5.11 Å². The number of pyridine rings is 1. The molecule has 20 heavy (non-hydrogen) atoms. The number of hydrogen-bond donors (Lipinski definition) is 1. The second-order valence-corrected chi connectivity index (χ2v) is 4.74. The summed E-state index contributed by atoms with van der Waals surface area (Å²) in [6.07, 6.45) is 3.88. The zero-order valence-corrected chi connectivity index (χ0v) is 11.2. The largest absolute Gasteiger partial charge is 0.506 e. The van der Waals surface area contributed by atoms with Crippen LogP contribution in [0.25, 0.3) is 11.3 Å². The van der Waals surface area contributed by atoms with Crippen molar-refractivity contribution >= 4 is 0 Å². The summed E-state index contributed by atoms with van der Waals surface area (Å²) in [6.45, 7) is 0. The van der Waals surface area contributed by atoms with Crippen molar-refractivity contribution in [2.75, 3.05) is 0 Å². The highest BCUT2D eigenvalue weighted by molar-refractivity contribution is 5.59. The molecule has 0 amide bonds. The first-order valence-electron chi connectivity index (χ1n) is 6.43. The summed E-state index contributed by atoms with van der Waals surface area (Å²) in [4.78, 5) is 4.00. The molecule has 1 N–H and O–H groups in total. The van der Waals surface area contributed by atoms with Crippen LogP contribution in [0, 0.1) is 0 Å². The van der Waals surface area contributed by atoms with Gasteiger partial charge >= 0.3 is 0 Å². The van der Waals surface area contributed by atoms with Crippen LogP contribution in [0.5, 0.6) is 5.75 Å². The SMILES string of the molecule is Cn1nc(-c2ccccc2)cc1Cc1cncc(O)c1. The summed E-state index contributed by atoms with van der Waals surface area (Å²) in [5.41, 5.74) is 4.10. The lowest BCUT2D eigenvalue weighted by Gasteiger charge is -2.01. The normalized spacial score (nSPS) is 10.7. The van der Waals surface area contributed by atoms with Gasteiger partial charge in [-0.05, 0) is 17.7 Å². The van der Waals surface area contributed by atoms with Crippen molar-refractivity contribution in [1.29, 1.82) is 0 Å². The first kappa shape index (κ1) is 12.4. The number of hydrogen-bond acceptors (Lipinski definition) is 3. The topological polar surface area (TPSA) is 50.9 Å². The number of nitrogens with zero attached hydrogens (tertiary/aromatic N) is 3. The number of rotatable bonds is 3. The van der Waals surface area contributed by atoms with Crippen LogP contribution in [-0.4, -0.2) is 19.9 Å². The summed E-state index contributed by atoms with van der Waals surface area (Å²) in [7, 11) is 1.93. The van der Waals surface area contributed by atoms with E-state index in [1.165, 1.54) is 6.20 Å². The van der Waals surface area contributed by atoms with Crippen LogP contribution >= 0.6 is 0 Å². The Bertz CT molecular complexity index is 720. The Labute approximate surface area is 117 Å². The molecule has 3 aromatic rings. The standard InChI is InChI=1S/C16H15N3O/c1-19-14(7-12-8-15(20)11-17-10-12)9-16(18-19)13-5-3-2-4-6-13/h2-6,8-11,20H,7H2,1H3. The van der Waals surface area contributed by atoms with Crippen molar-refractivity contribution in [2.24, 2.45) is 7.05 Å².